The smallest absolute Gasteiger partial charge is 0.335 e. The van der Waals surface area contributed by atoms with Crippen LogP contribution in [0.3, 0.4) is 0 Å². The van der Waals surface area contributed by atoms with Crippen molar-refractivity contribution in [2.75, 3.05) is 31.1 Å². The first kappa shape index (κ1) is 21.1. The second-order valence-corrected chi connectivity index (χ2v) is 8.45. The lowest BCUT2D eigenvalue weighted by Gasteiger charge is -2.36. The number of piperazine rings is 1. The van der Waals surface area contributed by atoms with E-state index >= 15 is 0 Å². The molecule has 160 valence electrons. The summed E-state index contributed by atoms with van der Waals surface area (Å²) in [6.07, 6.45) is 0. The lowest BCUT2D eigenvalue weighted by molar-refractivity contribution is 0.0746. The number of carbonyl (C=O) groups is 1. The highest BCUT2D eigenvalue weighted by Crippen LogP contribution is 2.20. The Morgan fingerprint density at radius 1 is 0.903 bits per heavy atom. The van der Waals surface area contributed by atoms with Gasteiger partial charge in [0.25, 0.3) is 11.5 Å². The molecule has 1 aliphatic rings. The minimum Gasteiger partial charge on any atom is -0.362 e. The molecule has 8 heteroatoms. The molecule has 0 radical (unpaired) electrons. The van der Waals surface area contributed by atoms with E-state index in [4.69, 9.17) is 0 Å². The largest absolute Gasteiger partial charge is 0.362 e. The van der Waals surface area contributed by atoms with Gasteiger partial charge in [0.1, 0.15) is 5.69 Å². The topological polar surface area (TPSA) is 67.6 Å². The summed E-state index contributed by atoms with van der Waals surface area (Å²) in [6.45, 7) is 3.84. The molecule has 7 nitrogen and oxygen atoms in total. The fraction of sp³-hybridized carbons (Fsp3) is 0.261. The second kappa shape index (κ2) is 8.55. The molecular weight excluding hydrogens is 460 g/mol. The molecule has 0 atom stereocenters. The van der Waals surface area contributed by atoms with Crippen LogP contribution in [0, 0.1) is 6.92 Å². The van der Waals surface area contributed by atoms with Gasteiger partial charge in [0.05, 0.1) is 11.4 Å². The normalized spacial score (nSPS) is 14.0. The molecule has 31 heavy (non-hydrogen) atoms. The predicted octanol–water partition coefficient (Wildman–Crippen LogP) is 2.57. The number of hydrogen-bond acceptors (Lipinski definition) is 4. The summed E-state index contributed by atoms with van der Waals surface area (Å²) in [4.78, 5) is 42.4. The van der Waals surface area contributed by atoms with E-state index < -0.39 is 0 Å². The Kier molecular flexibility index (Phi) is 5.82. The van der Waals surface area contributed by atoms with Gasteiger partial charge in [-0.1, -0.05) is 34.1 Å². The van der Waals surface area contributed by atoms with E-state index in [1.807, 2.05) is 47.4 Å². The molecule has 2 heterocycles. The van der Waals surface area contributed by atoms with Gasteiger partial charge in [0.2, 0.25) is 0 Å². The molecule has 3 aromatic rings. The lowest BCUT2D eigenvalue weighted by Crippen LogP contribution is -2.52. The van der Waals surface area contributed by atoms with E-state index in [1.165, 1.54) is 7.05 Å². The number of aromatic nitrogens is 2. The maximum Gasteiger partial charge on any atom is 0.335 e. The van der Waals surface area contributed by atoms with Crippen LogP contribution in [-0.4, -0.2) is 46.1 Å². The number of nitrogens with zero attached hydrogens (tertiary/aromatic N) is 4. The zero-order valence-electron chi connectivity index (χ0n) is 17.4. The minimum atomic E-state index is -0.374. The SMILES string of the molecule is Cc1c(N2CCN(C(=O)c3ccc(Br)cc3)CC2)c(=O)n(C)c(=O)n1-c1ccccc1. The zero-order valence-corrected chi connectivity index (χ0v) is 19.0. The molecule has 1 aromatic heterocycles. The molecule has 0 spiro atoms. The second-order valence-electron chi connectivity index (χ2n) is 7.54. The number of amides is 1. The van der Waals surface area contributed by atoms with E-state index in [1.54, 1.807) is 28.5 Å². The number of para-hydroxylation sites is 1. The van der Waals surface area contributed by atoms with Crippen molar-refractivity contribution in [1.29, 1.82) is 0 Å². The van der Waals surface area contributed by atoms with Crippen LogP contribution in [-0.2, 0) is 7.05 Å². The molecule has 1 aliphatic heterocycles. The zero-order chi connectivity index (χ0) is 22.1. The number of carbonyl (C=O) groups excluding carboxylic acids is 1. The highest BCUT2D eigenvalue weighted by Gasteiger charge is 2.26. The maximum absolute atomic E-state index is 13.0. The van der Waals surface area contributed by atoms with Crippen LogP contribution in [0.1, 0.15) is 16.1 Å². The molecular formula is C23H23BrN4O3. The van der Waals surface area contributed by atoms with Crippen molar-refractivity contribution in [2.24, 2.45) is 7.05 Å². The van der Waals surface area contributed by atoms with Crippen LogP contribution >= 0.6 is 15.9 Å². The van der Waals surface area contributed by atoms with Crippen LogP contribution in [0.25, 0.3) is 5.69 Å². The van der Waals surface area contributed by atoms with E-state index in [0.717, 1.165) is 9.04 Å². The summed E-state index contributed by atoms with van der Waals surface area (Å²) in [5.74, 6) is -0.0222. The Morgan fingerprint density at radius 3 is 2.13 bits per heavy atom. The van der Waals surface area contributed by atoms with Crippen molar-refractivity contribution in [3.8, 4) is 5.69 Å². The Morgan fingerprint density at radius 2 is 1.52 bits per heavy atom. The van der Waals surface area contributed by atoms with Crippen molar-refractivity contribution >= 4 is 27.5 Å². The Bertz CT molecular complexity index is 1220. The van der Waals surface area contributed by atoms with Crippen LogP contribution in [0.2, 0.25) is 0 Å². The standard InChI is InChI=1S/C23H23BrN4O3/c1-16-20(22(30)25(2)23(31)28(16)19-6-4-3-5-7-19)26-12-14-27(15-13-26)21(29)17-8-10-18(24)11-9-17/h3-11H,12-15H2,1-2H3. The van der Waals surface area contributed by atoms with Gasteiger partial charge in [-0.25, -0.2) is 4.79 Å². The molecule has 0 unspecified atom stereocenters. The molecule has 0 saturated carbocycles. The third-order valence-corrected chi connectivity index (χ3v) is 6.18. The first-order valence-corrected chi connectivity index (χ1v) is 10.9. The highest BCUT2D eigenvalue weighted by atomic mass is 79.9. The van der Waals surface area contributed by atoms with Gasteiger partial charge in [0, 0.05) is 43.3 Å². The van der Waals surface area contributed by atoms with Crippen LogP contribution in [0.5, 0.6) is 0 Å². The molecule has 0 N–H and O–H groups in total. The van der Waals surface area contributed by atoms with Crippen LogP contribution in [0.4, 0.5) is 5.69 Å². The summed E-state index contributed by atoms with van der Waals surface area (Å²) >= 11 is 3.38. The first-order valence-electron chi connectivity index (χ1n) is 10.1. The number of anilines is 1. The van der Waals surface area contributed by atoms with Crippen molar-refractivity contribution in [3.05, 3.63) is 91.2 Å². The fourth-order valence-corrected chi connectivity index (χ4v) is 4.22. The van der Waals surface area contributed by atoms with Crippen molar-refractivity contribution in [3.63, 3.8) is 0 Å². The molecule has 1 amide bonds. The van der Waals surface area contributed by atoms with Gasteiger partial charge in [-0.05, 0) is 43.3 Å². The molecule has 4 rings (SSSR count). The summed E-state index contributed by atoms with van der Waals surface area (Å²) < 4.78 is 3.64. The summed E-state index contributed by atoms with van der Waals surface area (Å²) in [5, 5.41) is 0. The predicted molar refractivity (Wildman–Crippen MR) is 124 cm³/mol. The highest BCUT2D eigenvalue weighted by molar-refractivity contribution is 9.10. The minimum absolute atomic E-state index is 0.0222. The number of rotatable bonds is 3. The van der Waals surface area contributed by atoms with Gasteiger partial charge in [-0.2, -0.15) is 0 Å². The average Bonchev–Trinajstić information content (AvgIpc) is 2.79. The summed E-state index contributed by atoms with van der Waals surface area (Å²) in [5.41, 5.74) is 1.77. The maximum atomic E-state index is 13.0. The monoisotopic (exact) mass is 482 g/mol. The van der Waals surface area contributed by atoms with Gasteiger partial charge < -0.3 is 9.80 Å². The third-order valence-electron chi connectivity index (χ3n) is 5.65. The van der Waals surface area contributed by atoms with E-state index in [-0.39, 0.29) is 17.2 Å². The quantitative estimate of drug-likeness (QED) is 0.575. The Hall–Kier alpha value is -3.13. The van der Waals surface area contributed by atoms with Gasteiger partial charge in [0.15, 0.2) is 0 Å². The Balaban J connectivity index is 1.62. The molecule has 1 fully saturated rings. The average molecular weight is 483 g/mol. The summed E-state index contributed by atoms with van der Waals surface area (Å²) in [7, 11) is 1.50. The van der Waals surface area contributed by atoms with Crippen LogP contribution in [0.15, 0.2) is 68.7 Å². The molecule has 2 aromatic carbocycles. The van der Waals surface area contributed by atoms with Crippen LogP contribution < -0.4 is 16.1 Å². The molecule has 0 aliphatic carbocycles. The van der Waals surface area contributed by atoms with Gasteiger partial charge in [-0.15, -0.1) is 0 Å². The van der Waals surface area contributed by atoms with Crippen molar-refractivity contribution in [1.82, 2.24) is 14.0 Å². The molecule has 1 saturated heterocycles. The lowest BCUT2D eigenvalue weighted by atomic mass is 10.1. The van der Waals surface area contributed by atoms with E-state index in [2.05, 4.69) is 15.9 Å². The van der Waals surface area contributed by atoms with Gasteiger partial charge >= 0.3 is 5.69 Å². The fourth-order valence-electron chi connectivity index (χ4n) is 3.95. The van der Waals surface area contributed by atoms with E-state index in [0.29, 0.717) is 48.8 Å². The first-order chi connectivity index (χ1) is 14.9. The summed E-state index contributed by atoms with van der Waals surface area (Å²) in [6, 6.07) is 16.6. The molecule has 0 bridgehead atoms. The number of hydrogen-bond donors (Lipinski definition) is 0. The van der Waals surface area contributed by atoms with Crippen molar-refractivity contribution < 1.29 is 4.79 Å². The van der Waals surface area contributed by atoms with Crippen molar-refractivity contribution in [2.45, 2.75) is 6.92 Å². The number of halogens is 1. The van der Waals surface area contributed by atoms with Gasteiger partial charge in [-0.3, -0.25) is 18.7 Å². The number of benzene rings is 2. The Labute approximate surface area is 188 Å². The third kappa shape index (κ3) is 3.95. The van der Waals surface area contributed by atoms with E-state index in [9.17, 15) is 14.4 Å².